The molecule has 6 heteroatoms. The Morgan fingerprint density at radius 3 is 2.57 bits per heavy atom. The van der Waals surface area contributed by atoms with E-state index in [1.165, 1.54) is 11.8 Å². The van der Waals surface area contributed by atoms with Crippen LogP contribution in [0, 0.1) is 0 Å². The normalized spacial score (nSPS) is 17.4. The van der Waals surface area contributed by atoms with Crippen molar-refractivity contribution in [2.45, 2.75) is 17.7 Å². The molecule has 0 saturated heterocycles. The standard InChI is InChI=1S/C15H11NO4S/c16-14(18)9-6-10(17)8-5-7-3-1-2-4-11(7)21-13(8)12(9)15(19)20/h1-4H,5-6H2,(H2,16,18)(H,19,20). The monoisotopic (exact) mass is 301 g/mol. The van der Waals surface area contributed by atoms with Gasteiger partial charge in [0.15, 0.2) is 5.78 Å². The summed E-state index contributed by atoms with van der Waals surface area (Å²) >= 11 is 1.21. The van der Waals surface area contributed by atoms with E-state index >= 15 is 0 Å². The second kappa shape index (κ2) is 4.89. The maximum Gasteiger partial charge on any atom is 0.337 e. The largest absolute Gasteiger partial charge is 0.478 e. The fourth-order valence-corrected chi connectivity index (χ4v) is 3.81. The molecule has 0 saturated carbocycles. The summed E-state index contributed by atoms with van der Waals surface area (Å²) < 4.78 is 0. The lowest BCUT2D eigenvalue weighted by molar-refractivity contribution is -0.132. The van der Waals surface area contributed by atoms with Gasteiger partial charge in [-0.25, -0.2) is 4.79 Å². The molecule has 0 unspecified atom stereocenters. The smallest absolute Gasteiger partial charge is 0.337 e. The molecule has 0 fully saturated rings. The molecule has 1 amide bonds. The zero-order chi connectivity index (χ0) is 15.1. The van der Waals surface area contributed by atoms with Gasteiger partial charge in [0.1, 0.15) is 0 Å². The second-order valence-corrected chi connectivity index (χ2v) is 5.87. The van der Waals surface area contributed by atoms with E-state index in [0.717, 1.165) is 10.5 Å². The maximum absolute atomic E-state index is 12.2. The number of amides is 1. The fraction of sp³-hybridized carbons (Fsp3) is 0.133. The van der Waals surface area contributed by atoms with Crippen LogP contribution in [0.1, 0.15) is 12.0 Å². The van der Waals surface area contributed by atoms with E-state index in [1.807, 2.05) is 24.3 Å². The zero-order valence-corrected chi connectivity index (χ0v) is 11.7. The van der Waals surface area contributed by atoms with E-state index in [-0.39, 0.29) is 23.4 Å². The molecule has 1 heterocycles. The van der Waals surface area contributed by atoms with Gasteiger partial charge in [-0.05, 0) is 11.6 Å². The number of fused-ring (bicyclic) bond motifs is 1. The van der Waals surface area contributed by atoms with E-state index in [1.54, 1.807) is 0 Å². The number of carboxylic acids is 1. The summed E-state index contributed by atoms with van der Waals surface area (Å²) in [7, 11) is 0. The lowest BCUT2D eigenvalue weighted by atomic mass is 9.87. The number of aliphatic carboxylic acids is 1. The molecule has 0 atom stereocenters. The van der Waals surface area contributed by atoms with Gasteiger partial charge in [0.2, 0.25) is 5.91 Å². The maximum atomic E-state index is 12.2. The summed E-state index contributed by atoms with van der Waals surface area (Å²) in [5, 5.41) is 9.41. The van der Waals surface area contributed by atoms with Crippen LogP contribution in [0.5, 0.6) is 0 Å². The van der Waals surface area contributed by atoms with Gasteiger partial charge in [0, 0.05) is 33.8 Å². The second-order valence-electron chi connectivity index (χ2n) is 4.82. The van der Waals surface area contributed by atoms with Gasteiger partial charge in [-0.3, -0.25) is 9.59 Å². The highest BCUT2D eigenvalue weighted by atomic mass is 32.2. The number of hydrogen-bond donors (Lipinski definition) is 2. The first-order chi connectivity index (χ1) is 9.99. The average Bonchev–Trinajstić information content (AvgIpc) is 2.44. The quantitative estimate of drug-likeness (QED) is 0.861. The van der Waals surface area contributed by atoms with Crippen molar-refractivity contribution < 1.29 is 19.5 Å². The molecule has 3 rings (SSSR count). The lowest BCUT2D eigenvalue weighted by Crippen LogP contribution is -2.28. The number of nitrogens with two attached hydrogens (primary N) is 1. The number of carbonyl (C=O) groups excluding carboxylic acids is 2. The summed E-state index contributed by atoms with van der Waals surface area (Å²) in [6, 6.07) is 7.50. The number of ketones is 1. The summed E-state index contributed by atoms with van der Waals surface area (Å²) in [6.07, 6.45) is 0.151. The number of rotatable bonds is 2. The number of Topliss-reactive ketones (excluding diaryl/α,β-unsaturated/α-hetero) is 1. The summed E-state index contributed by atoms with van der Waals surface area (Å²) in [4.78, 5) is 36.4. The number of primary amides is 1. The Bertz CT molecular complexity index is 761. The Labute approximate surface area is 124 Å². The SMILES string of the molecule is NC(=O)C1=C(C(=O)O)C2=C(Cc3ccccc3S2)C(=O)C1. The summed E-state index contributed by atoms with van der Waals surface area (Å²) in [5.74, 6) is -2.31. The van der Waals surface area contributed by atoms with Crippen molar-refractivity contribution in [2.75, 3.05) is 0 Å². The van der Waals surface area contributed by atoms with Crippen molar-refractivity contribution in [3.8, 4) is 0 Å². The molecular weight excluding hydrogens is 290 g/mol. The highest BCUT2D eigenvalue weighted by molar-refractivity contribution is 8.03. The van der Waals surface area contributed by atoms with Gasteiger partial charge in [-0.15, -0.1) is 0 Å². The molecule has 5 nitrogen and oxygen atoms in total. The minimum atomic E-state index is -1.23. The highest BCUT2D eigenvalue weighted by Crippen LogP contribution is 2.45. The van der Waals surface area contributed by atoms with Crippen molar-refractivity contribution >= 4 is 29.4 Å². The Morgan fingerprint density at radius 1 is 1.19 bits per heavy atom. The number of carboxylic acid groups (broad SMARTS) is 1. The third kappa shape index (κ3) is 2.17. The molecule has 0 aromatic heterocycles. The summed E-state index contributed by atoms with van der Waals surface area (Å²) in [6.45, 7) is 0. The van der Waals surface area contributed by atoms with Gasteiger partial charge in [0.05, 0.1) is 5.57 Å². The van der Waals surface area contributed by atoms with Crippen LogP contribution in [-0.2, 0) is 20.8 Å². The third-order valence-corrected chi connectivity index (χ3v) is 4.81. The van der Waals surface area contributed by atoms with E-state index in [9.17, 15) is 19.5 Å². The molecule has 0 radical (unpaired) electrons. The van der Waals surface area contributed by atoms with E-state index in [2.05, 4.69) is 0 Å². The molecule has 0 bridgehead atoms. The van der Waals surface area contributed by atoms with Gasteiger partial charge in [-0.2, -0.15) is 0 Å². The molecule has 3 N–H and O–H groups in total. The predicted molar refractivity (Wildman–Crippen MR) is 76.5 cm³/mol. The number of hydrogen-bond acceptors (Lipinski definition) is 4. The molecule has 1 aromatic rings. The van der Waals surface area contributed by atoms with E-state index < -0.39 is 11.9 Å². The van der Waals surface area contributed by atoms with Crippen molar-refractivity contribution in [3.63, 3.8) is 0 Å². The number of benzene rings is 1. The average molecular weight is 301 g/mol. The number of carbonyl (C=O) groups is 3. The number of thioether (sulfide) groups is 1. The molecule has 1 aliphatic heterocycles. The molecule has 106 valence electrons. The first kappa shape index (κ1) is 13.6. The Hall–Kier alpha value is -2.34. The van der Waals surface area contributed by atoms with Crippen LogP contribution >= 0.6 is 11.8 Å². The minimum Gasteiger partial charge on any atom is -0.478 e. The molecule has 1 aliphatic carbocycles. The predicted octanol–water partition coefficient (Wildman–Crippen LogP) is 1.43. The van der Waals surface area contributed by atoms with Crippen molar-refractivity contribution in [2.24, 2.45) is 5.73 Å². The molecule has 0 spiro atoms. The highest BCUT2D eigenvalue weighted by Gasteiger charge is 2.36. The van der Waals surface area contributed by atoms with Crippen LogP contribution in [0.15, 0.2) is 50.8 Å². The zero-order valence-electron chi connectivity index (χ0n) is 10.9. The lowest BCUT2D eigenvalue weighted by Gasteiger charge is -2.26. The van der Waals surface area contributed by atoms with E-state index in [4.69, 9.17) is 5.73 Å². The van der Waals surface area contributed by atoms with Crippen LogP contribution in [0.4, 0.5) is 0 Å². The first-order valence-electron chi connectivity index (χ1n) is 6.27. The summed E-state index contributed by atoms with van der Waals surface area (Å²) in [5.41, 5.74) is 6.44. The van der Waals surface area contributed by atoms with Gasteiger partial charge >= 0.3 is 5.97 Å². The molecule has 1 aromatic carbocycles. The Morgan fingerprint density at radius 2 is 1.90 bits per heavy atom. The van der Waals surface area contributed by atoms with Crippen LogP contribution in [-0.4, -0.2) is 22.8 Å². The van der Waals surface area contributed by atoms with Crippen LogP contribution in [0.25, 0.3) is 0 Å². The number of allylic oxidation sites excluding steroid dienone is 1. The van der Waals surface area contributed by atoms with Crippen LogP contribution in [0.3, 0.4) is 0 Å². The Balaban J connectivity index is 2.19. The van der Waals surface area contributed by atoms with Crippen LogP contribution < -0.4 is 5.73 Å². The fourth-order valence-electron chi connectivity index (χ4n) is 2.55. The Kier molecular flexibility index (Phi) is 3.17. The van der Waals surface area contributed by atoms with Gasteiger partial charge < -0.3 is 10.8 Å². The van der Waals surface area contributed by atoms with Crippen LogP contribution in [0.2, 0.25) is 0 Å². The van der Waals surface area contributed by atoms with Crippen molar-refractivity contribution in [3.05, 3.63) is 51.5 Å². The van der Waals surface area contributed by atoms with Crippen molar-refractivity contribution in [1.29, 1.82) is 0 Å². The first-order valence-corrected chi connectivity index (χ1v) is 7.09. The van der Waals surface area contributed by atoms with Crippen molar-refractivity contribution in [1.82, 2.24) is 0 Å². The molecule has 2 aliphatic rings. The topological polar surface area (TPSA) is 97.5 Å². The third-order valence-electron chi connectivity index (χ3n) is 3.54. The van der Waals surface area contributed by atoms with Gasteiger partial charge in [0.25, 0.3) is 0 Å². The molecular formula is C15H11NO4S. The van der Waals surface area contributed by atoms with Gasteiger partial charge in [-0.1, -0.05) is 30.0 Å². The van der Waals surface area contributed by atoms with E-state index in [0.29, 0.717) is 16.9 Å². The minimum absolute atomic E-state index is 0.113. The molecule has 21 heavy (non-hydrogen) atoms.